The third-order valence-corrected chi connectivity index (χ3v) is 5.77. The molecule has 6 heteroatoms. The highest BCUT2D eigenvalue weighted by atomic mass is 32.2. The molecule has 0 saturated carbocycles. The summed E-state index contributed by atoms with van der Waals surface area (Å²) >= 11 is 0. The van der Waals surface area contributed by atoms with Crippen molar-refractivity contribution in [1.29, 1.82) is 0 Å². The molecule has 1 aromatic heterocycles. The number of aromatic nitrogens is 1. The van der Waals surface area contributed by atoms with E-state index in [1.165, 1.54) is 22.5 Å². The highest BCUT2D eigenvalue weighted by molar-refractivity contribution is 7.92. The molecule has 0 N–H and O–H groups in total. The molecular weight excluding hydrogens is 351 g/mol. The smallest absolute Gasteiger partial charge is 0.239 e. The number of nitrogens with zero attached hydrogens (tertiary/aromatic N) is 2. The molecule has 0 saturated heterocycles. The highest BCUT2D eigenvalue weighted by Gasteiger charge is 2.24. The normalized spacial score (nSPS) is 11.3. The molecule has 0 aliphatic carbocycles. The van der Waals surface area contributed by atoms with E-state index in [4.69, 9.17) is 0 Å². The maximum absolute atomic E-state index is 13.7. The van der Waals surface area contributed by atoms with Gasteiger partial charge in [0, 0.05) is 12.4 Å². The molecule has 0 aliphatic heterocycles. The van der Waals surface area contributed by atoms with E-state index in [1.807, 2.05) is 25.1 Å². The molecule has 3 aromatic rings. The Morgan fingerprint density at radius 2 is 1.85 bits per heavy atom. The van der Waals surface area contributed by atoms with Gasteiger partial charge in [-0.05, 0) is 47.9 Å². The lowest BCUT2D eigenvalue weighted by Gasteiger charge is -2.25. The molecule has 2 aromatic carbocycles. The van der Waals surface area contributed by atoms with Gasteiger partial charge >= 0.3 is 0 Å². The first-order chi connectivity index (χ1) is 12.5. The summed E-state index contributed by atoms with van der Waals surface area (Å²) in [5, 5.41) is 0. The number of hydrogen-bond donors (Lipinski definition) is 0. The summed E-state index contributed by atoms with van der Waals surface area (Å²) in [5.41, 5.74) is 2.64. The summed E-state index contributed by atoms with van der Waals surface area (Å²) in [5.74, 6) is -0.638. The minimum Gasteiger partial charge on any atom is -0.265 e. The summed E-state index contributed by atoms with van der Waals surface area (Å²) in [7, 11) is -3.73. The van der Waals surface area contributed by atoms with E-state index in [2.05, 4.69) is 4.98 Å². The van der Waals surface area contributed by atoms with Gasteiger partial charge in [-0.3, -0.25) is 9.29 Å². The fourth-order valence-electron chi connectivity index (χ4n) is 2.69. The Labute approximate surface area is 153 Å². The van der Waals surface area contributed by atoms with E-state index in [1.54, 1.807) is 36.7 Å². The number of aryl methyl sites for hydroxylation is 1. The van der Waals surface area contributed by atoms with Gasteiger partial charge in [0.2, 0.25) is 10.0 Å². The number of pyridine rings is 1. The molecule has 0 spiro atoms. The van der Waals surface area contributed by atoms with Crippen LogP contribution < -0.4 is 4.31 Å². The second-order valence-corrected chi connectivity index (χ2v) is 7.92. The first kappa shape index (κ1) is 18.1. The lowest BCUT2D eigenvalue weighted by molar-refractivity contribution is 0.589. The van der Waals surface area contributed by atoms with Crippen LogP contribution in [0.15, 0.2) is 73.1 Å². The molecule has 0 fully saturated rings. The van der Waals surface area contributed by atoms with Crippen LogP contribution in [0, 0.1) is 12.7 Å². The van der Waals surface area contributed by atoms with E-state index in [0.717, 1.165) is 16.7 Å². The second kappa shape index (κ2) is 7.66. The van der Waals surface area contributed by atoms with Crippen LogP contribution in [0.5, 0.6) is 0 Å². The standard InChI is InChI=1S/C20H19FN2O2S/c1-16-6-2-3-8-18(16)15-26(24,25)23(14-17-7-5-11-22-13-17)20-10-4-9-19(21)12-20/h2-13H,14-15H2,1H3. The zero-order valence-electron chi connectivity index (χ0n) is 14.3. The van der Waals surface area contributed by atoms with Crippen molar-refractivity contribution in [1.82, 2.24) is 4.98 Å². The molecule has 3 rings (SSSR count). The van der Waals surface area contributed by atoms with Crippen molar-refractivity contribution >= 4 is 15.7 Å². The molecule has 134 valence electrons. The largest absolute Gasteiger partial charge is 0.265 e. The van der Waals surface area contributed by atoms with Crippen LogP contribution in [0.1, 0.15) is 16.7 Å². The summed E-state index contributed by atoms with van der Waals surface area (Å²) in [6.07, 6.45) is 3.23. The molecular formula is C20H19FN2O2S. The summed E-state index contributed by atoms with van der Waals surface area (Å²) in [6.45, 7) is 1.96. The van der Waals surface area contributed by atoms with Crippen LogP contribution in [0.4, 0.5) is 10.1 Å². The van der Waals surface area contributed by atoms with E-state index < -0.39 is 15.8 Å². The summed E-state index contributed by atoms with van der Waals surface area (Å²) in [4.78, 5) is 4.03. The van der Waals surface area contributed by atoms with Crippen LogP contribution in [0.2, 0.25) is 0 Å². The van der Waals surface area contributed by atoms with Gasteiger partial charge in [-0.15, -0.1) is 0 Å². The van der Waals surface area contributed by atoms with Gasteiger partial charge in [0.15, 0.2) is 0 Å². The molecule has 0 atom stereocenters. The third-order valence-electron chi connectivity index (χ3n) is 4.08. The van der Waals surface area contributed by atoms with Crippen LogP contribution in [0.25, 0.3) is 0 Å². The molecule has 0 aliphatic rings. The maximum Gasteiger partial charge on any atom is 0.239 e. The van der Waals surface area contributed by atoms with Gasteiger partial charge in [0.1, 0.15) is 5.82 Å². The van der Waals surface area contributed by atoms with Crippen LogP contribution in [0.3, 0.4) is 0 Å². The van der Waals surface area contributed by atoms with Crippen molar-refractivity contribution < 1.29 is 12.8 Å². The number of benzene rings is 2. The second-order valence-electron chi connectivity index (χ2n) is 6.03. The van der Waals surface area contributed by atoms with Gasteiger partial charge in [-0.2, -0.15) is 0 Å². The average molecular weight is 370 g/mol. The Morgan fingerprint density at radius 3 is 2.54 bits per heavy atom. The Morgan fingerprint density at radius 1 is 1.04 bits per heavy atom. The quantitative estimate of drug-likeness (QED) is 0.657. The molecule has 4 nitrogen and oxygen atoms in total. The molecule has 0 unspecified atom stereocenters. The third kappa shape index (κ3) is 4.26. The maximum atomic E-state index is 13.7. The minimum atomic E-state index is -3.73. The number of anilines is 1. The van der Waals surface area contributed by atoms with E-state index in [-0.39, 0.29) is 12.3 Å². The van der Waals surface area contributed by atoms with Gasteiger partial charge < -0.3 is 0 Å². The lowest BCUT2D eigenvalue weighted by atomic mass is 10.1. The van der Waals surface area contributed by atoms with Crippen LogP contribution >= 0.6 is 0 Å². The molecule has 1 heterocycles. The van der Waals surface area contributed by atoms with Gasteiger partial charge in [-0.25, -0.2) is 12.8 Å². The number of halogens is 1. The molecule has 0 radical (unpaired) electrons. The van der Waals surface area contributed by atoms with Crippen molar-refractivity contribution in [3.8, 4) is 0 Å². The summed E-state index contributed by atoms with van der Waals surface area (Å²) in [6, 6.07) is 16.5. The van der Waals surface area contributed by atoms with Crippen LogP contribution in [-0.2, 0) is 22.3 Å². The van der Waals surface area contributed by atoms with E-state index in [9.17, 15) is 12.8 Å². The SMILES string of the molecule is Cc1ccccc1CS(=O)(=O)N(Cc1cccnc1)c1cccc(F)c1. The molecule has 0 amide bonds. The topological polar surface area (TPSA) is 50.3 Å². The predicted octanol–water partition coefficient (Wildman–Crippen LogP) is 4.07. The zero-order valence-corrected chi connectivity index (χ0v) is 15.2. The fraction of sp³-hybridized carbons (Fsp3) is 0.150. The summed E-state index contributed by atoms with van der Waals surface area (Å²) < 4.78 is 41.3. The van der Waals surface area contributed by atoms with Crippen molar-refractivity contribution in [2.24, 2.45) is 0 Å². The Hall–Kier alpha value is -2.73. The van der Waals surface area contributed by atoms with Crippen molar-refractivity contribution in [3.05, 3.63) is 95.6 Å². The number of rotatable bonds is 6. The van der Waals surface area contributed by atoms with Crippen LogP contribution in [-0.4, -0.2) is 13.4 Å². The fourth-order valence-corrected chi connectivity index (χ4v) is 4.34. The van der Waals surface area contributed by atoms with Gasteiger partial charge in [0.05, 0.1) is 18.0 Å². The molecule has 26 heavy (non-hydrogen) atoms. The van der Waals surface area contributed by atoms with Crippen molar-refractivity contribution in [2.75, 3.05) is 4.31 Å². The minimum absolute atomic E-state index is 0.0888. The molecule has 0 bridgehead atoms. The lowest BCUT2D eigenvalue weighted by Crippen LogP contribution is -2.32. The Kier molecular flexibility index (Phi) is 5.32. The van der Waals surface area contributed by atoms with Gasteiger partial charge in [-0.1, -0.05) is 36.4 Å². The predicted molar refractivity (Wildman–Crippen MR) is 101 cm³/mol. The van der Waals surface area contributed by atoms with Gasteiger partial charge in [0.25, 0.3) is 0 Å². The zero-order chi connectivity index (χ0) is 18.6. The Balaban J connectivity index is 2.00. The number of hydrogen-bond acceptors (Lipinski definition) is 3. The Bertz CT molecular complexity index is 991. The van der Waals surface area contributed by atoms with E-state index >= 15 is 0 Å². The first-order valence-electron chi connectivity index (χ1n) is 8.15. The first-order valence-corrected chi connectivity index (χ1v) is 9.76. The average Bonchev–Trinajstić information content (AvgIpc) is 2.62. The van der Waals surface area contributed by atoms with E-state index in [0.29, 0.717) is 5.69 Å². The monoisotopic (exact) mass is 370 g/mol. The van der Waals surface area contributed by atoms with Crippen molar-refractivity contribution in [2.45, 2.75) is 19.2 Å². The number of sulfonamides is 1. The van der Waals surface area contributed by atoms with Crippen molar-refractivity contribution in [3.63, 3.8) is 0 Å². The highest BCUT2D eigenvalue weighted by Crippen LogP contribution is 2.25.